The van der Waals surface area contributed by atoms with Gasteiger partial charge in [0.15, 0.2) is 0 Å². The lowest BCUT2D eigenvalue weighted by molar-refractivity contribution is -0.128. The summed E-state index contributed by atoms with van der Waals surface area (Å²) in [5.41, 5.74) is 9.07. The number of unbranched alkanes of at least 4 members (excludes halogenated alkanes) is 1. The summed E-state index contributed by atoms with van der Waals surface area (Å²) in [5, 5.41) is 0. The Morgan fingerprint density at radius 1 is 0.872 bits per heavy atom. The minimum absolute atomic E-state index is 0.482. The van der Waals surface area contributed by atoms with Gasteiger partial charge in [-0.3, -0.25) is 4.79 Å². The summed E-state index contributed by atoms with van der Waals surface area (Å²) in [6.45, 7) is 20.8. The molecule has 1 aliphatic carbocycles. The van der Waals surface area contributed by atoms with E-state index in [1.54, 1.807) is 11.1 Å². The largest absolute Gasteiger partial charge is 0.468 e. The summed E-state index contributed by atoms with van der Waals surface area (Å²) in [4.78, 5) is 9.46. The molecule has 0 N–H and O–H groups in total. The number of carbonyl (C=O) groups excluding carboxylic acids is 1. The molecule has 0 aromatic carbocycles. The third-order valence-corrected chi connectivity index (χ3v) is 7.23. The van der Waals surface area contributed by atoms with Gasteiger partial charge in [0, 0.05) is 0 Å². The van der Waals surface area contributed by atoms with E-state index in [0.717, 1.165) is 31.6 Å². The van der Waals surface area contributed by atoms with Crippen LogP contribution in [0.3, 0.4) is 0 Å². The molecule has 2 heteroatoms. The van der Waals surface area contributed by atoms with E-state index in [2.05, 4.69) is 83.2 Å². The van der Waals surface area contributed by atoms with Crippen LogP contribution in [-0.4, -0.2) is 13.1 Å². The van der Waals surface area contributed by atoms with Crippen molar-refractivity contribution in [1.29, 1.82) is 0 Å². The van der Waals surface area contributed by atoms with Crippen LogP contribution in [0.5, 0.6) is 0 Å². The van der Waals surface area contributed by atoms with Gasteiger partial charge in [0.25, 0.3) is 6.47 Å². The first-order chi connectivity index (χ1) is 18.7. The van der Waals surface area contributed by atoms with Crippen molar-refractivity contribution in [3.8, 4) is 0 Å². The zero-order valence-corrected chi connectivity index (χ0v) is 26.9. The molecule has 0 heterocycles. The Morgan fingerprint density at radius 3 is 2.03 bits per heavy atom. The van der Waals surface area contributed by atoms with E-state index in [1.807, 2.05) is 6.92 Å². The van der Waals surface area contributed by atoms with E-state index in [1.165, 1.54) is 92.9 Å². The second-order valence-corrected chi connectivity index (χ2v) is 11.9. The van der Waals surface area contributed by atoms with Crippen molar-refractivity contribution in [3.63, 3.8) is 0 Å². The van der Waals surface area contributed by atoms with Crippen LogP contribution in [0.4, 0.5) is 0 Å². The molecule has 0 unspecified atom stereocenters. The fraction of sp³-hybridized carbons (Fsp3) is 0.649. The Kier molecular flexibility index (Phi) is 23.6. The lowest BCUT2D eigenvalue weighted by Crippen LogP contribution is -2.05. The van der Waals surface area contributed by atoms with Crippen LogP contribution in [0.15, 0.2) is 70.4 Å². The molecule has 0 saturated carbocycles. The molecule has 1 atom stereocenters. The third kappa shape index (κ3) is 24.7. The Bertz CT molecular complexity index is 810. The van der Waals surface area contributed by atoms with Crippen molar-refractivity contribution >= 4 is 6.47 Å². The maximum Gasteiger partial charge on any atom is 0.293 e. The second kappa shape index (κ2) is 24.9. The standard InChI is InChI=1S/C32H52.C5H10O2/c1-26(2)13-8-15-28(5)17-10-18-30(7)23-24-32-22-12-21-31(25-32)20-11-19-29(6)16-9-14-27(3)4;1-2-3-4-7-5-6/h13-14,17,19,25,32H,7-12,15-16,18,20-24H2,1-6H3;5H,2-4H2,1H3/b28-17+,29-19+;/t32-;/m0./s1. The number of ether oxygens (including phenoxy) is 1. The summed E-state index contributed by atoms with van der Waals surface area (Å²) < 4.78 is 4.39. The van der Waals surface area contributed by atoms with Gasteiger partial charge >= 0.3 is 0 Å². The molecule has 1 aliphatic rings. The molecule has 0 saturated heterocycles. The summed E-state index contributed by atoms with van der Waals surface area (Å²) >= 11 is 0. The number of hydrogen-bond acceptors (Lipinski definition) is 2. The normalized spacial score (nSPS) is 15.5. The quantitative estimate of drug-likeness (QED) is 0.0928. The fourth-order valence-corrected chi connectivity index (χ4v) is 4.73. The van der Waals surface area contributed by atoms with Crippen molar-refractivity contribution in [2.75, 3.05) is 6.61 Å². The van der Waals surface area contributed by atoms with Crippen LogP contribution in [-0.2, 0) is 9.53 Å². The van der Waals surface area contributed by atoms with Gasteiger partial charge in [0.05, 0.1) is 6.61 Å². The van der Waals surface area contributed by atoms with E-state index in [4.69, 9.17) is 0 Å². The van der Waals surface area contributed by atoms with E-state index >= 15 is 0 Å². The predicted molar refractivity (Wildman–Crippen MR) is 174 cm³/mol. The highest BCUT2D eigenvalue weighted by atomic mass is 16.5. The minimum Gasteiger partial charge on any atom is -0.468 e. The van der Waals surface area contributed by atoms with Crippen LogP contribution < -0.4 is 0 Å². The van der Waals surface area contributed by atoms with Crippen LogP contribution >= 0.6 is 0 Å². The molecule has 1 rings (SSSR count). The molecule has 0 fully saturated rings. The van der Waals surface area contributed by atoms with Gasteiger partial charge in [-0.25, -0.2) is 0 Å². The van der Waals surface area contributed by atoms with Gasteiger partial charge in [-0.2, -0.15) is 0 Å². The van der Waals surface area contributed by atoms with Crippen LogP contribution in [0.1, 0.15) is 145 Å². The van der Waals surface area contributed by atoms with E-state index in [-0.39, 0.29) is 0 Å². The molecule has 0 spiro atoms. The highest BCUT2D eigenvalue weighted by Gasteiger charge is 2.13. The average molecular weight is 539 g/mol. The SMILES string of the molecule is C=C(CC/C=C(\C)CCC=C(C)C)CC[C@H]1C=C(CC/C=C(\C)CCC=C(C)C)CCC1.CCCCOC=O. The molecule has 2 nitrogen and oxygen atoms in total. The van der Waals surface area contributed by atoms with Crippen molar-refractivity contribution in [2.24, 2.45) is 5.92 Å². The number of hydrogen-bond donors (Lipinski definition) is 0. The van der Waals surface area contributed by atoms with Gasteiger partial charge in [-0.15, -0.1) is 0 Å². The van der Waals surface area contributed by atoms with E-state index in [9.17, 15) is 4.79 Å². The highest BCUT2D eigenvalue weighted by molar-refractivity contribution is 5.36. The van der Waals surface area contributed by atoms with Gasteiger partial charge in [0.2, 0.25) is 0 Å². The Morgan fingerprint density at radius 2 is 1.46 bits per heavy atom. The van der Waals surface area contributed by atoms with Gasteiger partial charge in [0.1, 0.15) is 0 Å². The van der Waals surface area contributed by atoms with E-state index < -0.39 is 0 Å². The van der Waals surface area contributed by atoms with Gasteiger partial charge in [-0.05, 0) is 137 Å². The molecule has 0 radical (unpaired) electrons. The number of carbonyl (C=O) groups is 1. The summed E-state index contributed by atoms with van der Waals surface area (Å²) in [7, 11) is 0. The molecule has 0 bridgehead atoms. The molecule has 0 amide bonds. The topological polar surface area (TPSA) is 26.3 Å². The van der Waals surface area contributed by atoms with Gasteiger partial charge in [-0.1, -0.05) is 83.7 Å². The fourth-order valence-electron chi connectivity index (χ4n) is 4.73. The number of rotatable bonds is 19. The molecule has 222 valence electrons. The van der Waals surface area contributed by atoms with Crippen LogP contribution in [0.25, 0.3) is 0 Å². The van der Waals surface area contributed by atoms with Crippen molar-refractivity contribution in [2.45, 2.75) is 145 Å². The third-order valence-electron chi connectivity index (χ3n) is 7.23. The first-order valence-electron chi connectivity index (χ1n) is 15.7. The average Bonchev–Trinajstić information content (AvgIpc) is 2.88. The molecule has 39 heavy (non-hydrogen) atoms. The van der Waals surface area contributed by atoms with E-state index in [0.29, 0.717) is 13.1 Å². The summed E-state index contributed by atoms with van der Waals surface area (Å²) in [6, 6.07) is 0. The first kappa shape index (κ1) is 36.9. The zero-order chi connectivity index (χ0) is 29.3. The van der Waals surface area contributed by atoms with Crippen molar-refractivity contribution in [1.82, 2.24) is 0 Å². The first-order valence-corrected chi connectivity index (χ1v) is 15.7. The highest BCUT2D eigenvalue weighted by Crippen LogP contribution is 2.30. The van der Waals surface area contributed by atoms with Crippen LogP contribution in [0, 0.1) is 5.92 Å². The second-order valence-electron chi connectivity index (χ2n) is 11.9. The maximum absolute atomic E-state index is 9.46. The maximum atomic E-state index is 9.46. The number of allylic oxidation sites excluding steroid dienone is 11. The minimum atomic E-state index is 0.482. The lowest BCUT2D eigenvalue weighted by Gasteiger charge is -2.21. The van der Waals surface area contributed by atoms with Crippen molar-refractivity contribution < 1.29 is 9.53 Å². The smallest absolute Gasteiger partial charge is 0.293 e. The molecule has 0 aromatic rings. The Balaban J connectivity index is 0.00000181. The predicted octanol–water partition coefficient (Wildman–Crippen LogP) is 12.0. The summed E-state index contributed by atoms with van der Waals surface area (Å²) in [5.74, 6) is 0.777. The van der Waals surface area contributed by atoms with Gasteiger partial charge < -0.3 is 4.74 Å². The lowest BCUT2D eigenvalue weighted by atomic mass is 9.85. The molecule has 0 aromatic heterocycles. The molecular weight excluding hydrogens is 476 g/mol. The molecular formula is C37H62O2. The Labute approximate surface area is 243 Å². The van der Waals surface area contributed by atoms with Crippen molar-refractivity contribution in [3.05, 3.63) is 70.4 Å². The zero-order valence-electron chi connectivity index (χ0n) is 26.9. The molecule has 0 aliphatic heterocycles. The van der Waals surface area contributed by atoms with Crippen LogP contribution in [0.2, 0.25) is 0 Å². The monoisotopic (exact) mass is 538 g/mol. The summed E-state index contributed by atoms with van der Waals surface area (Å²) in [6.07, 6.45) is 30.4. The Hall–Kier alpha value is -2.09.